The van der Waals surface area contributed by atoms with E-state index in [1.807, 2.05) is 13.1 Å². The Hall–Kier alpha value is -1.35. The standard InChI is InChI=1S/C13H17NO2/c1-10(15)14(2)8-13-7-11-5-3-4-6-12(11)9-16-13/h3-6,13H,7-9H2,1-2H3. The Morgan fingerprint density at radius 3 is 2.81 bits per heavy atom. The van der Waals surface area contributed by atoms with Crippen molar-refractivity contribution in [1.82, 2.24) is 4.90 Å². The van der Waals surface area contributed by atoms with Crippen molar-refractivity contribution in [1.29, 1.82) is 0 Å². The molecule has 0 aromatic heterocycles. The number of carbonyl (C=O) groups is 1. The second-order valence-electron chi connectivity index (χ2n) is 4.31. The number of hydrogen-bond donors (Lipinski definition) is 0. The van der Waals surface area contributed by atoms with Crippen molar-refractivity contribution < 1.29 is 9.53 Å². The third-order valence-corrected chi connectivity index (χ3v) is 3.06. The molecule has 1 aromatic rings. The van der Waals surface area contributed by atoms with E-state index in [9.17, 15) is 4.79 Å². The Morgan fingerprint density at radius 1 is 1.44 bits per heavy atom. The van der Waals surface area contributed by atoms with Crippen LogP contribution in [-0.2, 0) is 22.6 Å². The van der Waals surface area contributed by atoms with Crippen molar-refractivity contribution in [3.8, 4) is 0 Å². The number of carbonyl (C=O) groups excluding carboxylic acids is 1. The van der Waals surface area contributed by atoms with Gasteiger partial charge in [0, 0.05) is 26.9 Å². The summed E-state index contributed by atoms with van der Waals surface area (Å²) >= 11 is 0. The number of hydrogen-bond acceptors (Lipinski definition) is 2. The molecule has 2 rings (SSSR count). The van der Waals surface area contributed by atoms with Gasteiger partial charge in [-0.25, -0.2) is 0 Å². The molecule has 0 radical (unpaired) electrons. The fourth-order valence-electron chi connectivity index (χ4n) is 1.96. The Balaban J connectivity index is 2.00. The Kier molecular flexibility index (Phi) is 3.25. The lowest BCUT2D eigenvalue weighted by molar-refractivity contribution is -0.129. The molecule has 1 aromatic carbocycles. The van der Waals surface area contributed by atoms with E-state index in [0.717, 1.165) is 6.42 Å². The average Bonchev–Trinajstić information content (AvgIpc) is 2.28. The third-order valence-electron chi connectivity index (χ3n) is 3.06. The van der Waals surface area contributed by atoms with Crippen LogP contribution in [0.2, 0.25) is 0 Å². The molecule has 0 aliphatic carbocycles. The Bertz CT molecular complexity index is 389. The molecule has 0 N–H and O–H groups in total. The van der Waals surface area contributed by atoms with Gasteiger partial charge >= 0.3 is 0 Å². The van der Waals surface area contributed by atoms with Crippen molar-refractivity contribution in [2.45, 2.75) is 26.1 Å². The van der Waals surface area contributed by atoms with Gasteiger partial charge in [0.25, 0.3) is 0 Å². The van der Waals surface area contributed by atoms with Gasteiger partial charge in [0.2, 0.25) is 5.91 Å². The first-order chi connectivity index (χ1) is 7.66. The fourth-order valence-corrected chi connectivity index (χ4v) is 1.96. The summed E-state index contributed by atoms with van der Waals surface area (Å²) in [5.74, 6) is 0.0856. The molecule has 0 saturated heterocycles. The van der Waals surface area contributed by atoms with Crippen LogP contribution in [0.5, 0.6) is 0 Å². The maximum Gasteiger partial charge on any atom is 0.219 e. The zero-order valence-corrected chi connectivity index (χ0v) is 9.77. The van der Waals surface area contributed by atoms with Crippen molar-refractivity contribution in [2.75, 3.05) is 13.6 Å². The predicted molar refractivity (Wildman–Crippen MR) is 62.0 cm³/mol. The SMILES string of the molecule is CC(=O)N(C)CC1Cc2ccccc2CO1. The predicted octanol–water partition coefficient (Wildman–Crippen LogP) is 1.61. The highest BCUT2D eigenvalue weighted by Gasteiger charge is 2.20. The highest BCUT2D eigenvalue weighted by molar-refractivity contribution is 5.72. The van der Waals surface area contributed by atoms with Gasteiger partial charge in [-0.15, -0.1) is 0 Å². The first kappa shape index (κ1) is 11.1. The van der Waals surface area contributed by atoms with E-state index in [1.165, 1.54) is 11.1 Å². The second kappa shape index (κ2) is 4.66. The van der Waals surface area contributed by atoms with Crippen molar-refractivity contribution in [2.24, 2.45) is 0 Å². The molecule has 1 aliphatic heterocycles. The van der Waals surface area contributed by atoms with E-state index in [4.69, 9.17) is 4.74 Å². The number of nitrogens with zero attached hydrogens (tertiary/aromatic N) is 1. The molecule has 1 heterocycles. The van der Waals surface area contributed by atoms with E-state index in [1.54, 1.807) is 11.8 Å². The Labute approximate surface area is 96.0 Å². The highest BCUT2D eigenvalue weighted by Crippen LogP contribution is 2.20. The Morgan fingerprint density at radius 2 is 2.12 bits per heavy atom. The second-order valence-corrected chi connectivity index (χ2v) is 4.31. The van der Waals surface area contributed by atoms with Gasteiger partial charge in [-0.05, 0) is 11.1 Å². The molecule has 0 saturated carbocycles. The minimum Gasteiger partial charge on any atom is -0.371 e. The van der Waals surface area contributed by atoms with Crippen LogP contribution in [0, 0.1) is 0 Å². The summed E-state index contributed by atoms with van der Waals surface area (Å²) in [5, 5.41) is 0. The lowest BCUT2D eigenvalue weighted by Crippen LogP contribution is -2.37. The van der Waals surface area contributed by atoms with Gasteiger partial charge in [0.1, 0.15) is 0 Å². The van der Waals surface area contributed by atoms with E-state index in [-0.39, 0.29) is 12.0 Å². The van der Waals surface area contributed by atoms with E-state index >= 15 is 0 Å². The molecule has 1 unspecified atom stereocenters. The smallest absolute Gasteiger partial charge is 0.219 e. The molecule has 1 atom stereocenters. The van der Waals surface area contributed by atoms with Crippen molar-refractivity contribution in [3.05, 3.63) is 35.4 Å². The molecular weight excluding hydrogens is 202 g/mol. The molecule has 1 amide bonds. The molecule has 86 valence electrons. The zero-order chi connectivity index (χ0) is 11.5. The van der Waals surface area contributed by atoms with Gasteiger partial charge in [0.15, 0.2) is 0 Å². The normalized spacial score (nSPS) is 19.0. The third kappa shape index (κ3) is 2.42. The quantitative estimate of drug-likeness (QED) is 0.756. The van der Waals surface area contributed by atoms with E-state index in [2.05, 4.69) is 18.2 Å². The zero-order valence-electron chi connectivity index (χ0n) is 9.77. The van der Waals surface area contributed by atoms with Crippen molar-refractivity contribution >= 4 is 5.91 Å². The average molecular weight is 219 g/mol. The minimum atomic E-state index is 0.0856. The molecule has 3 heteroatoms. The first-order valence-electron chi connectivity index (χ1n) is 5.57. The van der Waals surface area contributed by atoms with E-state index in [0.29, 0.717) is 13.2 Å². The van der Waals surface area contributed by atoms with Crippen LogP contribution in [0.4, 0.5) is 0 Å². The van der Waals surface area contributed by atoms with E-state index < -0.39 is 0 Å². The number of ether oxygens (including phenoxy) is 1. The number of likely N-dealkylation sites (N-methyl/N-ethyl adjacent to an activating group) is 1. The summed E-state index contributed by atoms with van der Waals surface area (Å²) in [6, 6.07) is 8.32. The van der Waals surface area contributed by atoms with Gasteiger partial charge in [-0.3, -0.25) is 4.79 Å². The molecule has 0 bridgehead atoms. The molecule has 3 nitrogen and oxygen atoms in total. The molecule has 16 heavy (non-hydrogen) atoms. The van der Waals surface area contributed by atoms with Crippen molar-refractivity contribution in [3.63, 3.8) is 0 Å². The first-order valence-corrected chi connectivity index (χ1v) is 5.57. The van der Waals surface area contributed by atoms with Crippen LogP contribution in [0.15, 0.2) is 24.3 Å². The van der Waals surface area contributed by atoms with Gasteiger partial charge < -0.3 is 9.64 Å². The summed E-state index contributed by atoms with van der Waals surface area (Å²) in [5.41, 5.74) is 2.61. The summed E-state index contributed by atoms with van der Waals surface area (Å²) < 4.78 is 5.73. The largest absolute Gasteiger partial charge is 0.371 e. The molecule has 0 spiro atoms. The number of benzene rings is 1. The molecule has 0 fully saturated rings. The monoisotopic (exact) mass is 219 g/mol. The highest BCUT2D eigenvalue weighted by atomic mass is 16.5. The van der Waals surface area contributed by atoms with Crippen LogP contribution < -0.4 is 0 Å². The van der Waals surface area contributed by atoms with Gasteiger partial charge in [-0.1, -0.05) is 24.3 Å². The molecule has 1 aliphatic rings. The van der Waals surface area contributed by atoms with Crippen LogP contribution in [0.3, 0.4) is 0 Å². The number of fused-ring (bicyclic) bond motifs is 1. The van der Waals surface area contributed by atoms with Gasteiger partial charge in [-0.2, -0.15) is 0 Å². The maximum atomic E-state index is 11.1. The summed E-state index contributed by atoms with van der Waals surface area (Å²) in [6.45, 7) is 2.91. The molecular formula is C13H17NO2. The van der Waals surface area contributed by atoms with Crippen LogP contribution in [0.1, 0.15) is 18.1 Å². The van der Waals surface area contributed by atoms with Crippen LogP contribution >= 0.6 is 0 Å². The topological polar surface area (TPSA) is 29.5 Å². The maximum absolute atomic E-state index is 11.1. The minimum absolute atomic E-state index is 0.0856. The van der Waals surface area contributed by atoms with Crippen LogP contribution in [-0.4, -0.2) is 30.5 Å². The lowest BCUT2D eigenvalue weighted by Gasteiger charge is -2.28. The summed E-state index contributed by atoms with van der Waals surface area (Å²) in [7, 11) is 1.81. The summed E-state index contributed by atoms with van der Waals surface area (Å²) in [6.07, 6.45) is 1.03. The lowest BCUT2D eigenvalue weighted by atomic mass is 9.99. The summed E-state index contributed by atoms with van der Waals surface area (Å²) in [4.78, 5) is 12.8. The fraction of sp³-hybridized carbons (Fsp3) is 0.462. The number of rotatable bonds is 2. The number of amides is 1. The van der Waals surface area contributed by atoms with Gasteiger partial charge in [0.05, 0.1) is 12.7 Å². The van der Waals surface area contributed by atoms with Crippen LogP contribution in [0.25, 0.3) is 0 Å².